The lowest BCUT2D eigenvalue weighted by Gasteiger charge is -2.02. The molecule has 2 aromatic heterocycles. The van der Waals surface area contributed by atoms with Gasteiger partial charge in [-0.25, -0.2) is 0 Å². The summed E-state index contributed by atoms with van der Waals surface area (Å²) < 4.78 is 1.87. The number of benzene rings is 1. The first-order valence-electron chi connectivity index (χ1n) is 5.82. The van der Waals surface area contributed by atoms with E-state index in [0.29, 0.717) is 16.4 Å². The zero-order chi connectivity index (χ0) is 13.0. The van der Waals surface area contributed by atoms with E-state index >= 15 is 0 Å². The standard InChI is InChI=1S/C14H8ClN3O/c15-9-5-3-8(4-6-9)11-13-12(17-16-11)14(19)10-2-1-7-18(10)13/h1-7H,(H,16,17). The van der Waals surface area contributed by atoms with Crippen LogP contribution in [0.25, 0.3) is 16.9 Å². The van der Waals surface area contributed by atoms with Gasteiger partial charge in [0.15, 0.2) is 0 Å². The molecule has 19 heavy (non-hydrogen) atoms. The molecule has 0 saturated carbocycles. The number of H-pyrrole nitrogens is 1. The van der Waals surface area contributed by atoms with Gasteiger partial charge >= 0.3 is 0 Å². The van der Waals surface area contributed by atoms with Crippen LogP contribution in [0.5, 0.6) is 0 Å². The SMILES string of the molecule is O=C1c2[nH]nc(-c3ccc(Cl)cc3)c2-n2cccc21. The Morgan fingerprint density at radius 2 is 1.95 bits per heavy atom. The van der Waals surface area contributed by atoms with Crippen LogP contribution < -0.4 is 0 Å². The summed E-state index contributed by atoms with van der Waals surface area (Å²) >= 11 is 5.89. The molecule has 4 rings (SSSR count). The average molecular weight is 270 g/mol. The van der Waals surface area contributed by atoms with Gasteiger partial charge in [0.2, 0.25) is 5.78 Å². The number of aromatic amines is 1. The van der Waals surface area contributed by atoms with Crippen LogP contribution in [-0.2, 0) is 0 Å². The number of hydrogen-bond acceptors (Lipinski definition) is 2. The largest absolute Gasteiger partial charge is 0.310 e. The second-order valence-corrected chi connectivity index (χ2v) is 4.83. The molecule has 0 atom stereocenters. The molecule has 0 saturated heterocycles. The van der Waals surface area contributed by atoms with E-state index < -0.39 is 0 Å². The van der Waals surface area contributed by atoms with E-state index in [1.807, 2.05) is 47.2 Å². The summed E-state index contributed by atoms with van der Waals surface area (Å²) in [6, 6.07) is 11.1. The van der Waals surface area contributed by atoms with Gasteiger partial charge in [0.05, 0.1) is 5.69 Å². The monoisotopic (exact) mass is 269 g/mol. The number of ketones is 1. The number of fused-ring (bicyclic) bond motifs is 3. The van der Waals surface area contributed by atoms with E-state index in [-0.39, 0.29) is 5.78 Å². The minimum Gasteiger partial charge on any atom is -0.310 e. The third-order valence-corrected chi connectivity index (χ3v) is 3.56. The smallest absolute Gasteiger partial charge is 0.229 e. The van der Waals surface area contributed by atoms with Crippen molar-refractivity contribution in [2.45, 2.75) is 0 Å². The van der Waals surface area contributed by atoms with Gasteiger partial charge in [0.1, 0.15) is 17.1 Å². The summed E-state index contributed by atoms with van der Waals surface area (Å²) in [7, 11) is 0. The number of hydrogen-bond donors (Lipinski definition) is 1. The van der Waals surface area contributed by atoms with Crippen LogP contribution in [0.4, 0.5) is 0 Å². The Labute approximate surface area is 113 Å². The van der Waals surface area contributed by atoms with Crippen LogP contribution in [0.15, 0.2) is 42.6 Å². The van der Waals surface area contributed by atoms with E-state index in [4.69, 9.17) is 11.6 Å². The molecule has 92 valence electrons. The minimum absolute atomic E-state index is 0.0206. The Bertz CT molecular complexity index is 798. The van der Waals surface area contributed by atoms with Crippen molar-refractivity contribution in [3.8, 4) is 16.9 Å². The summed E-state index contributed by atoms with van der Waals surface area (Å²) in [6.07, 6.45) is 1.87. The van der Waals surface area contributed by atoms with E-state index in [9.17, 15) is 4.79 Å². The number of nitrogens with zero attached hydrogens (tertiary/aromatic N) is 2. The fourth-order valence-corrected chi connectivity index (χ4v) is 2.55. The van der Waals surface area contributed by atoms with Crippen LogP contribution in [0.1, 0.15) is 16.2 Å². The molecule has 1 aromatic carbocycles. The molecule has 5 heteroatoms. The van der Waals surface area contributed by atoms with Crippen molar-refractivity contribution in [3.63, 3.8) is 0 Å². The molecule has 0 spiro atoms. The average Bonchev–Trinajstić information content (AvgIpc) is 3.08. The maximum Gasteiger partial charge on any atom is 0.229 e. The molecular weight excluding hydrogens is 262 g/mol. The van der Waals surface area contributed by atoms with Gasteiger partial charge < -0.3 is 4.57 Å². The van der Waals surface area contributed by atoms with Gasteiger partial charge in [-0.3, -0.25) is 9.89 Å². The number of carbonyl (C=O) groups is 1. The Balaban J connectivity index is 1.97. The van der Waals surface area contributed by atoms with Gasteiger partial charge in [-0.15, -0.1) is 0 Å². The highest BCUT2D eigenvalue weighted by Crippen LogP contribution is 2.34. The normalized spacial score (nSPS) is 12.6. The highest BCUT2D eigenvalue weighted by Gasteiger charge is 2.31. The van der Waals surface area contributed by atoms with Gasteiger partial charge in [0, 0.05) is 16.8 Å². The van der Waals surface area contributed by atoms with E-state index in [2.05, 4.69) is 10.2 Å². The number of nitrogens with one attached hydrogen (secondary N) is 1. The van der Waals surface area contributed by atoms with Crippen LogP contribution in [0, 0.1) is 0 Å². The summed E-state index contributed by atoms with van der Waals surface area (Å²) in [5.74, 6) is -0.0206. The summed E-state index contributed by atoms with van der Waals surface area (Å²) in [5, 5.41) is 7.76. The highest BCUT2D eigenvalue weighted by atomic mass is 35.5. The van der Waals surface area contributed by atoms with Crippen molar-refractivity contribution >= 4 is 17.4 Å². The third kappa shape index (κ3) is 1.34. The van der Waals surface area contributed by atoms with Gasteiger partial charge in [-0.05, 0) is 24.3 Å². The lowest BCUT2D eigenvalue weighted by Crippen LogP contribution is -1.97. The maximum atomic E-state index is 12.1. The Kier molecular flexibility index (Phi) is 2.00. The lowest BCUT2D eigenvalue weighted by molar-refractivity contribution is 0.103. The Morgan fingerprint density at radius 3 is 2.74 bits per heavy atom. The van der Waals surface area contributed by atoms with E-state index in [1.165, 1.54) is 0 Å². The highest BCUT2D eigenvalue weighted by molar-refractivity contribution is 6.30. The van der Waals surface area contributed by atoms with E-state index in [0.717, 1.165) is 16.9 Å². The van der Waals surface area contributed by atoms with E-state index in [1.54, 1.807) is 0 Å². The number of aromatic nitrogens is 3. The fourth-order valence-electron chi connectivity index (χ4n) is 2.43. The zero-order valence-electron chi connectivity index (χ0n) is 9.72. The predicted molar refractivity (Wildman–Crippen MR) is 71.8 cm³/mol. The molecular formula is C14H8ClN3O. The van der Waals surface area contributed by atoms with Crippen molar-refractivity contribution in [1.29, 1.82) is 0 Å². The number of rotatable bonds is 1. The quantitative estimate of drug-likeness (QED) is 0.577. The fraction of sp³-hybridized carbons (Fsp3) is 0. The molecule has 4 nitrogen and oxygen atoms in total. The summed E-state index contributed by atoms with van der Waals surface area (Å²) in [4.78, 5) is 12.1. The first-order chi connectivity index (χ1) is 9.25. The number of halogens is 1. The minimum atomic E-state index is -0.0206. The number of carbonyl (C=O) groups excluding carboxylic acids is 1. The molecule has 3 aromatic rings. The second-order valence-electron chi connectivity index (χ2n) is 4.40. The second kappa shape index (κ2) is 3.59. The van der Waals surface area contributed by atoms with Crippen LogP contribution >= 0.6 is 11.6 Å². The third-order valence-electron chi connectivity index (χ3n) is 3.31. The molecule has 0 unspecified atom stereocenters. The first kappa shape index (κ1) is 10.6. The molecule has 1 aliphatic rings. The molecule has 0 amide bonds. The Hall–Kier alpha value is -2.33. The molecule has 0 aliphatic carbocycles. The van der Waals surface area contributed by atoms with Crippen molar-refractivity contribution in [1.82, 2.24) is 14.8 Å². The van der Waals surface area contributed by atoms with Crippen molar-refractivity contribution < 1.29 is 4.79 Å². The Morgan fingerprint density at radius 1 is 1.16 bits per heavy atom. The van der Waals surface area contributed by atoms with Gasteiger partial charge in [-0.1, -0.05) is 23.7 Å². The molecule has 1 N–H and O–H groups in total. The van der Waals surface area contributed by atoms with Crippen molar-refractivity contribution in [2.24, 2.45) is 0 Å². The van der Waals surface area contributed by atoms with Crippen LogP contribution in [-0.4, -0.2) is 20.5 Å². The molecule has 0 radical (unpaired) electrons. The van der Waals surface area contributed by atoms with Gasteiger partial charge in [-0.2, -0.15) is 5.10 Å². The molecule has 0 fully saturated rings. The topological polar surface area (TPSA) is 50.7 Å². The summed E-state index contributed by atoms with van der Waals surface area (Å²) in [5.41, 5.74) is 3.71. The molecule has 0 bridgehead atoms. The molecule has 1 aliphatic heterocycles. The van der Waals surface area contributed by atoms with Gasteiger partial charge in [0.25, 0.3) is 0 Å². The predicted octanol–water partition coefficient (Wildman–Crippen LogP) is 3.07. The maximum absolute atomic E-state index is 12.1. The molecule has 3 heterocycles. The summed E-state index contributed by atoms with van der Waals surface area (Å²) in [6.45, 7) is 0. The van der Waals surface area contributed by atoms with Crippen LogP contribution in [0.3, 0.4) is 0 Å². The van der Waals surface area contributed by atoms with Crippen molar-refractivity contribution in [3.05, 3.63) is 59.0 Å². The zero-order valence-corrected chi connectivity index (χ0v) is 10.5. The lowest BCUT2D eigenvalue weighted by atomic mass is 10.1. The van der Waals surface area contributed by atoms with Crippen LogP contribution in [0.2, 0.25) is 5.02 Å². The first-order valence-corrected chi connectivity index (χ1v) is 6.20. The van der Waals surface area contributed by atoms with Crippen molar-refractivity contribution in [2.75, 3.05) is 0 Å².